The first-order valence-electron chi connectivity index (χ1n) is 3.92. The van der Waals surface area contributed by atoms with Crippen LogP contribution in [0.15, 0.2) is 25.0 Å². The second kappa shape index (κ2) is 4.72. The van der Waals surface area contributed by atoms with Crippen molar-refractivity contribution in [3.8, 4) is 0 Å². The molecule has 0 saturated carbocycles. The van der Waals surface area contributed by atoms with E-state index in [1.165, 1.54) is 6.26 Å². The highest BCUT2D eigenvalue weighted by Gasteiger charge is 2.20. The Bertz CT molecular complexity index is 192. The third kappa shape index (κ3) is 3.93. The Balaban J connectivity index is 1.96. The molecule has 66 valence electrons. The summed E-state index contributed by atoms with van der Waals surface area (Å²) in [5, 5.41) is 0. The highest BCUT2D eigenvalue weighted by Crippen LogP contribution is 2.15. The van der Waals surface area contributed by atoms with Gasteiger partial charge in [-0.05, 0) is 18.9 Å². The average Bonchev–Trinajstić information content (AvgIpc) is 2.87. The molecule has 1 atom stereocenters. The van der Waals surface area contributed by atoms with E-state index in [9.17, 15) is 4.79 Å². The van der Waals surface area contributed by atoms with Crippen LogP contribution in [0.2, 0.25) is 0 Å². The SMILES string of the molecule is C=CC(=O)OC=CCCC1CO1. The van der Waals surface area contributed by atoms with Crippen LogP contribution >= 0.6 is 0 Å². The third-order valence-electron chi connectivity index (χ3n) is 1.50. The van der Waals surface area contributed by atoms with Gasteiger partial charge in [0, 0.05) is 6.08 Å². The van der Waals surface area contributed by atoms with E-state index in [1.54, 1.807) is 0 Å². The molecule has 0 aliphatic carbocycles. The van der Waals surface area contributed by atoms with Gasteiger partial charge in [0.15, 0.2) is 0 Å². The van der Waals surface area contributed by atoms with Gasteiger partial charge in [0.1, 0.15) is 0 Å². The summed E-state index contributed by atoms with van der Waals surface area (Å²) >= 11 is 0. The highest BCUT2D eigenvalue weighted by atomic mass is 16.6. The van der Waals surface area contributed by atoms with Crippen molar-refractivity contribution >= 4 is 5.97 Å². The molecule has 0 spiro atoms. The van der Waals surface area contributed by atoms with Crippen molar-refractivity contribution in [3.63, 3.8) is 0 Å². The predicted molar refractivity (Wildman–Crippen MR) is 44.4 cm³/mol. The Morgan fingerprint density at radius 3 is 3.08 bits per heavy atom. The molecule has 3 nitrogen and oxygen atoms in total. The van der Waals surface area contributed by atoms with Gasteiger partial charge in [-0.15, -0.1) is 0 Å². The van der Waals surface area contributed by atoms with Crippen LogP contribution < -0.4 is 0 Å². The van der Waals surface area contributed by atoms with Gasteiger partial charge in [-0.3, -0.25) is 0 Å². The van der Waals surface area contributed by atoms with E-state index >= 15 is 0 Å². The number of carbonyl (C=O) groups excluding carboxylic acids is 1. The standard InChI is InChI=1S/C9H12O3/c1-2-9(10)11-6-4-3-5-8-7-12-8/h2,4,6,8H,1,3,5,7H2. The molecular weight excluding hydrogens is 156 g/mol. The average molecular weight is 168 g/mol. The van der Waals surface area contributed by atoms with Crippen molar-refractivity contribution in [2.24, 2.45) is 0 Å². The fourth-order valence-corrected chi connectivity index (χ4v) is 0.748. The van der Waals surface area contributed by atoms with Gasteiger partial charge in [0.05, 0.1) is 19.0 Å². The van der Waals surface area contributed by atoms with Gasteiger partial charge in [-0.25, -0.2) is 4.79 Å². The Morgan fingerprint density at radius 2 is 2.50 bits per heavy atom. The van der Waals surface area contributed by atoms with Crippen molar-refractivity contribution in [2.75, 3.05) is 6.61 Å². The quantitative estimate of drug-likeness (QED) is 0.269. The molecule has 0 radical (unpaired) electrons. The van der Waals surface area contributed by atoms with Crippen LogP contribution in [0, 0.1) is 0 Å². The summed E-state index contributed by atoms with van der Waals surface area (Å²) in [5.41, 5.74) is 0. The second-order valence-corrected chi connectivity index (χ2v) is 2.55. The smallest absolute Gasteiger partial charge is 0.334 e. The number of epoxide rings is 1. The summed E-state index contributed by atoms with van der Waals surface area (Å²) in [7, 11) is 0. The maximum absolute atomic E-state index is 10.5. The second-order valence-electron chi connectivity index (χ2n) is 2.55. The summed E-state index contributed by atoms with van der Waals surface area (Å²) < 4.78 is 9.61. The van der Waals surface area contributed by atoms with Gasteiger partial charge in [0.25, 0.3) is 0 Å². The van der Waals surface area contributed by atoms with E-state index in [0.29, 0.717) is 6.10 Å². The van der Waals surface area contributed by atoms with Crippen LogP contribution in [-0.2, 0) is 14.3 Å². The van der Waals surface area contributed by atoms with Crippen LogP contribution in [-0.4, -0.2) is 18.7 Å². The van der Waals surface area contributed by atoms with Crippen LogP contribution in [0.1, 0.15) is 12.8 Å². The van der Waals surface area contributed by atoms with E-state index in [1.807, 2.05) is 6.08 Å². The molecule has 1 saturated heterocycles. The largest absolute Gasteiger partial charge is 0.432 e. The van der Waals surface area contributed by atoms with Crippen molar-refractivity contribution in [1.29, 1.82) is 0 Å². The third-order valence-corrected chi connectivity index (χ3v) is 1.50. The molecule has 1 fully saturated rings. The zero-order chi connectivity index (χ0) is 8.81. The van der Waals surface area contributed by atoms with Crippen molar-refractivity contribution in [3.05, 3.63) is 25.0 Å². The Kier molecular flexibility index (Phi) is 3.54. The van der Waals surface area contributed by atoms with E-state index in [4.69, 9.17) is 4.74 Å². The lowest BCUT2D eigenvalue weighted by molar-refractivity contribution is -0.132. The maximum atomic E-state index is 10.5. The predicted octanol–water partition coefficient (Wildman–Crippen LogP) is 1.41. The van der Waals surface area contributed by atoms with E-state index < -0.39 is 5.97 Å². The molecule has 3 heteroatoms. The molecule has 0 aromatic rings. The van der Waals surface area contributed by atoms with Gasteiger partial charge in [-0.2, -0.15) is 0 Å². The van der Waals surface area contributed by atoms with Crippen LogP contribution in [0.25, 0.3) is 0 Å². The molecule has 0 bridgehead atoms. The zero-order valence-corrected chi connectivity index (χ0v) is 6.86. The Hall–Kier alpha value is -1.09. The van der Waals surface area contributed by atoms with E-state index in [-0.39, 0.29) is 0 Å². The van der Waals surface area contributed by atoms with Crippen molar-refractivity contribution in [2.45, 2.75) is 18.9 Å². The van der Waals surface area contributed by atoms with Crippen LogP contribution in [0.4, 0.5) is 0 Å². The van der Waals surface area contributed by atoms with Crippen LogP contribution in [0.3, 0.4) is 0 Å². The molecular formula is C9H12O3. The minimum atomic E-state index is -0.422. The zero-order valence-electron chi connectivity index (χ0n) is 6.86. The molecule has 0 aromatic heterocycles. The molecule has 1 aliphatic rings. The summed E-state index contributed by atoms with van der Waals surface area (Å²) in [6.07, 6.45) is 6.66. The minimum Gasteiger partial charge on any atom is -0.432 e. The summed E-state index contributed by atoms with van der Waals surface area (Å²) in [4.78, 5) is 10.5. The number of hydrogen-bond acceptors (Lipinski definition) is 3. The van der Waals surface area contributed by atoms with Gasteiger partial charge in [0.2, 0.25) is 0 Å². The summed E-state index contributed by atoms with van der Waals surface area (Å²) in [6, 6.07) is 0. The summed E-state index contributed by atoms with van der Waals surface area (Å²) in [5.74, 6) is -0.422. The van der Waals surface area contributed by atoms with E-state index in [2.05, 4.69) is 11.3 Å². The molecule has 1 rings (SSSR count). The Morgan fingerprint density at radius 1 is 1.75 bits per heavy atom. The number of carbonyl (C=O) groups is 1. The van der Waals surface area contributed by atoms with Crippen LogP contribution in [0.5, 0.6) is 0 Å². The number of hydrogen-bond donors (Lipinski definition) is 0. The van der Waals surface area contributed by atoms with Crippen molar-refractivity contribution < 1.29 is 14.3 Å². The molecule has 0 N–H and O–H groups in total. The molecule has 12 heavy (non-hydrogen) atoms. The number of allylic oxidation sites excluding steroid dienone is 1. The minimum absolute atomic E-state index is 0.422. The monoisotopic (exact) mass is 168 g/mol. The maximum Gasteiger partial charge on any atom is 0.334 e. The molecule has 0 amide bonds. The fourth-order valence-electron chi connectivity index (χ4n) is 0.748. The van der Waals surface area contributed by atoms with E-state index in [0.717, 1.165) is 25.5 Å². The Labute approximate surface area is 71.7 Å². The number of rotatable bonds is 5. The van der Waals surface area contributed by atoms with Gasteiger partial charge in [-0.1, -0.05) is 6.58 Å². The summed E-state index contributed by atoms with van der Waals surface area (Å²) in [6.45, 7) is 4.14. The van der Waals surface area contributed by atoms with Crippen molar-refractivity contribution in [1.82, 2.24) is 0 Å². The topological polar surface area (TPSA) is 38.8 Å². The first kappa shape index (κ1) is 9.00. The first-order valence-corrected chi connectivity index (χ1v) is 3.92. The first-order chi connectivity index (χ1) is 5.83. The molecule has 1 aliphatic heterocycles. The highest BCUT2D eigenvalue weighted by molar-refractivity contribution is 5.81. The van der Waals surface area contributed by atoms with Gasteiger partial charge < -0.3 is 9.47 Å². The lowest BCUT2D eigenvalue weighted by Gasteiger charge is -1.91. The molecule has 1 unspecified atom stereocenters. The molecule has 1 heterocycles. The fraction of sp³-hybridized carbons (Fsp3) is 0.444. The molecule has 0 aromatic carbocycles. The van der Waals surface area contributed by atoms with Gasteiger partial charge >= 0.3 is 5.97 Å². The normalized spacial score (nSPS) is 20.8. The number of esters is 1. The lowest BCUT2D eigenvalue weighted by atomic mass is 10.2. The number of ether oxygens (including phenoxy) is 2. The lowest BCUT2D eigenvalue weighted by Crippen LogP contribution is -1.91.